The van der Waals surface area contributed by atoms with Gasteiger partial charge in [-0.05, 0) is 37.1 Å². The summed E-state index contributed by atoms with van der Waals surface area (Å²) in [6, 6.07) is 7.10. The number of fused-ring (bicyclic) bond motifs is 1. The summed E-state index contributed by atoms with van der Waals surface area (Å²) < 4.78 is 16.1. The van der Waals surface area contributed by atoms with E-state index in [-0.39, 0.29) is 11.7 Å². The Morgan fingerprint density at radius 2 is 2.10 bits per heavy atom. The van der Waals surface area contributed by atoms with Crippen molar-refractivity contribution < 1.29 is 23.5 Å². The minimum absolute atomic E-state index is 0.0335. The van der Waals surface area contributed by atoms with E-state index in [4.69, 9.17) is 13.6 Å². The van der Waals surface area contributed by atoms with E-state index in [9.17, 15) is 9.90 Å². The van der Waals surface area contributed by atoms with Gasteiger partial charge in [-0.3, -0.25) is 4.79 Å². The van der Waals surface area contributed by atoms with Crippen LogP contribution in [0, 0.1) is 5.92 Å². The monoisotopic (exact) mass is 425 g/mol. The van der Waals surface area contributed by atoms with Crippen molar-refractivity contribution in [2.24, 2.45) is 5.92 Å². The summed E-state index contributed by atoms with van der Waals surface area (Å²) in [6.45, 7) is 1.16. The fraction of sp³-hybridized carbons (Fsp3) is 0.286. The summed E-state index contributed by atoms with van der Waals surface area (Å²) in [5.74, 6) is 0.454. The maximum absolute atomic E-state index is 13.2. The molecule has 1 saturated heterocycles. The van der Waals surface area contributed by atoms with E-state index in [0.717, 1.165) is 5.39 Å². The molecule has 1 aliphatic heterocycles. The van der Waals surface area contributed by atoms with Crippen molar-refractivity contribution in [2.45, 2.75) is 19.1 Å². The van der Waals surface area contributed by atoms with Crippen LogP contribution >= 0.6 is 11.3 Å². The van der Waals surface area contributed by atoms with Crippen LogP contribution in [-0.4, -0.2) is 34.1 Å². The van der Waals surface area contributed by atoms with Crippen LogP contribution in [0.15, 0.2) is 51.8 Å². The van der Waals surface area contributed by atoms with Gasteiger partial charge in [0.2, 0.25) is 5.71 Å². The van der Waals surface area contributed by atoms with Gasteiger partial charge in [-0.25, -0.2) is 9.97 Å². The molecule has 0 radical (unpaired) electrons. The molecule has 5 rings (SSSR count). The lowest BCUT2D eigenvalue weighted by molar-refractivity contribution is 0.0547. The van der Waals surface area contributed by atoms with Crippen LogP contribution in [0.2, 0.25) is 0 Å². The van der Waals surface area contributed by atoms with Crippen molar-refractivity contribution in [2.75, 3.05) is 18.5 Å². The van der Waals surface area contributed by atoms with E-state index in [0.29, 0.717) is 58.8 Å². The first-order valence-electron chi connectivity index (χ1n) is 9.63. The molecule has 1 fully saturated rings. The summed E-state index contributed by atoms with van der Waals surface area (Å²) in [4.78, 5) is 22.4. The second-order valence-corrected chi connectivity index (χ2v) is 8.05. The Morgan fingerprint density at radius 3 is 2.90 bits per heavy atom. The number of Topliss-reactive ketones (excluding diaryl/α,β-unsaturated/α-hetero) is 1. The van der Waals surface area contributed by atoms with Crippen molar-refractivity contribution in [1.29, 1.82) is 0 Å². The fourth-order valence-corrected chi connectivity index (χ4v) is 4.51. The van der Waals surface area contributed by atoms with Crippen LogP contribution in [0.4, 0.5) is 5.13 Å². The molecule has 9 heteroatoms. The van der Waals surface area contributed by atoms with E-state index in [1.54, 1.807) is 43.0 Å². The number of anilines is 1. The smallest absolute Gasteiger partial charge is 0.225 e. The highest BCUT2D eigenvalue weighted by Gasteiger charge is 2.29. The average molecular weight is 425 g/mol. The number of nitrogens with zero attached hydrogens (tertiary/aromatic N) is 2. The van der Waals surface area contributed by atoms with Gasteiger partial charge in [0, 0.05) is 36.3 Å². The number of nitrogens with one attached hydrogen (secondary N) is 1. The largest absolute Gasteiger partial charge is 0.463 e. The predicted octanol–water partition coefficient (Wildman–Crippen LogP) is 4.26. The normalized spacial score (nSPS) is 16.0. The van der Waals surface area contributed by atoms with E-state index in [1.165, 1.54) is 11.3 Å². The highest BCUT2D eigenvalue weighted by molar-refractivity contribution is 7.18. The topological polar surface area (TPSA) is 111 Å². The molecule has 1 unspecified atom stereocenters. The van der Waals surface area contributed by atoms with Gasteiger partial charge in [0.05, 0.1) is 12.5 Å². The number of hydrogen-bond donors (Lipinski definition) is 2. The molecule has 0 aliphatic carbocycles. The summed E-state index contributed by atoms with van der Waals surface area (Å²) in [6.07, 6.45) is 4.97. The molecule has 4 aromatic rings. The van der Waals surface area contributed by atoms with E-state index >= 15 is 0 Å². The van der Waals surface area contributed by atoms with Gasteiger partial charge >= 0.3 is 0 Å². The Hall–Kier alpha value is -3.01. The molecule has 0 spiro atoms. The Bertz CT molecular complexity index is 1160. The molecule has 0 amide bonds. The van der Waals surface area contributed by atoms with Crippen LogP contribution in [0.5, 0.6) is 0 Å². The predicted molar refractivity (Wildman–Crippen MR) is 110 cm³/mol. The van der Waals surface area contributed by atoms with Gasteiger partial charge < -0.3 is 24.0 Å². The number of aromatic nitrogens is 2. The quantitative estimate of drug-likeness (QED) is 0.348. The lowest BCUT2D eigenvalue weighted by Gasteiger charge is -2.20. The van der Waals surface area contributed by atoms with Crippen molar-refractivity contribution >= 4 is 33.4 Å². The number of ketones is 1. The molecule has 154 valence electrons. The van der Waals surface area contributed by atoms with Crippen LogP contribution in [0.3, 0.4) is 0 Å². The van der Waals surface area contributed by atoms with Crippen LogP contribution in [0.25, 0.3) is 22.6 Å². The molecule has 8 nitrogen and oxygen atoms in total. The number of carbonyl (C=O) groups is 1. The second kappa shape index (κ2) is 8.02. The van der Waals surface area contributed by atoms with E-state index in [1.807, 2.05) is 0 Å². The molecule has 5 heterocycles. The van der Waals surface area contributed by atoms with E-state index < -0.39 is 6.23 Å². The number of furan rings is 2. The Kier molecular flexibility index (Phi) is 5.07. The van der Waals surface area contributed by atoms with E-state index in [2.05, 4.69) is 15.3 Å². The standard InChI is InChI=1S/C21H19N3O5S/c25-17(12-3-7-27-8-4-12)18-16(15-2-1-6-28-15)23-21(30-18)24-19(26)14-10-13-5-9-29-20(13)22-11-14/h1-2,5-6,9-12,19,26H,3-4,7-8H2,(H,23,24). The first-order valence-corrected chi connectivity index (χ1v) is 10.4. The first-order chi connectivity index (χ1) is 14.7. The number of ether oxygens (including phenoxy) is 1. The number of pyridine rings is 1. The third kappa shape index (κ3) is 3.62. The van der Waals surface area contributed by atoms with Crippen molar-refractivity contribution in [3.63, 3.8) is 0 Å². The molecular weight excluding hydrogens is 406 g/mol. The average Bonchev–Trinajstić information content (AvgIpc) is 3.53. The van der Waals surface area contributed by atoms with Gasteiger partial charge in [0.15, 0.2) is 22.9 Å². The van der Waals surface area contributed by atoms with Gasteiger partial charge in [0.25, 0.3) is 0 Å². The number of rotatable bonds is 6. The van der Waals surface area contributed by atoms with Gasteiger partial charge in [-0.15, -0.1) is 0 Å². The maximum Gasteiger partial charge on any atom is 0.225 e. The minimum Gasteiger partial charge on any atom is -0.463 e. The van der Waals surface area contributed by atoms with Gasteiger partial charge in [-0.1, -0.05) is 11.3 Å². The second-order valence-electron chi connectivity index (χ2n) is 7.06. The van der Waals surface area contributed by atoms with Crippen molar-refractivity contribution in [3.8, 4) is 11.5 Å². The van der Waals surface area contributed by atoms with Crippen molar-refractivity contribution in [3.05, 3.63) is 53.4 Å². The molecule has 1 atom stereocenters. The highest BCUT2D eigenvalue weighted by atomic mass is 32.1. The van der Waals surface area contributed by atoms with Crippen molar-refractivity contribution in [1.82, 2.24) is 9.97 Å². The Balaban J connectivity index is 1.44. The lowest BCUT2D eigenvalue weighted by Crippen LogP contribution is -2.23. The summed E-state index contributed by atoms with van der Waals surface area (Å²) in [5, 5.41) is 14.8. The summed E-state index contributed by atoms with van der Waals surface area (Å²) >= 11 is 1.22. The maximum atomic E-state index is 13.2. The number of hydrogen-bond acceptors (Lipinski definition) is 9. The van der Waals surface area contributed by atoms with Gasteiger partial charge in [-0.2, -0.15) is 0 Å². The number of aliphatic hydroxyl groups is 1. The first kappa shape index (κ1) is 19.0. The number of carbonyl (C=O) groups excluding carboxylic acids is 1. The lowest BCUT2D eigenvalue weighted by atomic mass is 9.94. The molecule has 0 aromatic carbocycles. The Labute approximate surface area is 175 Å². The molecule has 1 aliphatic rings. The molecule has 4 aromatic heterocycles. The third-order valence-electron chi connectivity index (χ3n) is 5.10. The molecule has 0 bridgehead atoms. The minimum atomic E-state index is -1.04. The zero-order chi connectivity index (χ0) is 20.5. The zero-order valence-electron chi connectivity index (χ0n) is 15.9. The van der Waals surface area contributed by atoms with Crippen LogP contribution in [0.1, 0.15) is 34.3 Å². The van der Waals surface area contributed by atoms with Crippen LogP contribution in [-0.2, 0) is 4.74 Å². The third-order valence-corrected chi connectivity index (χ3v) is 6.10. The van der Waals surface area contributed by atoms with Crippen LogP contribution < -0.4 is 5.32 Å². The number of aliphatic hydroxyl groups excluding tert-OH is 1. The SMILES string of the molecule is O=C(c1sc(NC(O)c2cnc3occc3c2)nc1-c1ccco1)C1CCOCC1. The number of thiazole rings is 1. The summed E-state index contributed by atoms with van der Waals surface area (Å²) in [7, 11) is 0. The summed E-state index contributed by atoms with van der Waals surface area (Å²) in [5.41, 5.74) is 1.56. The molecular formula is C21H19N3O5S. The molecule has 0 saturated carbocycles. The molecule has 2 N–H and O–H groups in total. The van der Waals surface area contributed by atoms with Gasteiger partial charge in [0.1, 0.15) is 10.6 Å². The Morgan fingerprint density at radius 1 is 1.23 bits per heavy atom. The fourth-order valence-electron chi connectivity index (χ4n) is 3.50. The zero-order valence-corrected chi connectivity index (χ0v) is 16.7. The highest BCUT2D eigenvalue weighted by Crippen LogP contribution is 2.36. The molecule has 30 heavy (non-hydrogen) atoms.